The Bertz CT molecular complexity index is 1090. The van der Waals surface area contributed by atoms with Gasteiger partial charge in [0.05, 0.1) is 25.6 Å². The first kappa shape index (κ1) is 23.3. The minimum absolute atomic E-state index is 0.0113. The summed E-state index contributed by atoms with van der Waals surface area (Å²) in [6.45, 7) is -0.378. The number of furan rings is 2. The van der Waals surface area contributed by atoms with Crippen LogP contribution in [0.4, 0.5) is 4.39 Å². The van der Waals surface area contributed by atoms with Crippen LogP contribution < -0.4 is 10.6 Å². The molecule has 8 nitrogen and oxygen atoms in total. The molecule has 1 saturated carbocycles. The third kappa shape index (κ3) is 5.72. The van der Waals surface area contributed by atoms with E-state index < -0.39 is 23.7 Å². The average molecular weight is 467 g/mol. The van der Waals surface area contributed by atoms with Crippen LogP contribution in [0.15, 0.2) is 69.9 Å². The summed E-state index contributed by atoms with van der Waals surface area (Å²) in [5.41, 5.74) is 0.453. The maximum absolute atomic E-state index is 13.6. The summed E-state index contributed by atoms with van der Waals surface area (Å²) in [6, 6.07) is 10.9. The molecule has 1 aromatic carbocycles. The number of rotatable bonds is 9. The van der Waals surface area contributed by atoms with E-state index in [0.29, 0.717) is 11.3 Å². The summed E-state index contributed by atoms with van der Waals surface area (Å²) in [5.74, 6) is -1.34. The summed E-state index contributed by atoms with van der Waals surface area (Å²) in [5, 5.41) is 5.56. The number of carbonyl (C=O) groups excluding carboxylic acids is 3. The van der Waals surface area contributed by atoms with Crippen molar-refractivity contribution in [3.05, 3.63) is 84.0 Å². The third-order valence-corrected chi connectivity index (χ3v) is 5.82. The molecule has 0 saturated heterocycles. The zero-order valence-corrected chi connectivity index (χ0v) is 18.5. The highest BCUT2D eigenvalue weighted by Crippen LogP contribution is 2.26. The van der Waals surface area contributed by atoms with Gasteiger partial charge >= 0.3 is 0 Å². The molecule has 34 heavy (non-hydrogen) atoms. The molecule has 0 aliphatic heterocycles. The van der Waals surface area contributed by atoms with Crippen LogP contribution in [0, 0.1) is 5.82 Å². The summed E-state index contributed by atoms with van der Waals surface area (Å²) in [7, 11) is 0. The molecule has 9 heteroatoms. The molecule has 1 aliphatic carbocycles. The monoisotopic (exact) mass is 467 g/mol. The van der Waals surface area contributed by atoms with Crippen molar-refractivity contribution in [3.63, 3.8) is 0 Å². The van der Waals surface area contributed by atoms with E-state index in [1.807, 2.05) is 0 Å². The van der Waals surface area contributed by atoms with E-state index in [0.717, 1.165) is 25.7 Å². The normalized spacial score (nSPS) is 14.5. The molecule has 0 unspecified atom stereocenters. The van der Waals surface area contributed by atoms with Crippen molar-refractivity contribution in [2.24, 2.45) is 0 Å². The van der Waals surface area contributed by atoms with Crippen LogP contribution >= 0.6 is 0 Å². The van der Waals surface area contributed by atoms with Gasteiger partial charge < -0.3 is 24.4 Å². The van der Waals surface area contributed by atoms with Crippen molar-refractivity contribution in [1.29, 1.82) is 0 Å². The quantitative estimate of drug-likeness (QED) is 0.501. The minimum Gasteiger partial charge on any atom is -0.467 e. The second-order valence-electron chi connectivity index (χ2n) is 8.21. The average Bonchev–Trinajstić information content (AvgIpc) is 3.62. The Morgan fingerprint density at radius 2 is 1.71 bits per heavy atom. The van der Waals surface area contributed by atoms with Gasteiger partial charge in [-0.15, -0.1) is 0 Å². The van der Waals surface area contributed by atoms with Crippen molar-refractivity contribution < 1.29 is 27.6 Å². The Hall–Kier alpha value is -3.88. The Kier molecular flexibility index (Phi) is 7.41. The van der Waals surface area contributed by atoms with Crippen molar-refractivity contribution in [3.8, 4) is 0 Å². The summed E-state index contributed by atoms with van der Waals surface area (Å²) in [6.07, 6.45) is 6.63. The highest BCUT2D eigenvalue weighted by atomic mass is 19.1. The molecular weight excluding hydrogens is 441 g/mol. The van der Waals surface area contributed by atoms with Gasteiger partial charge in [0.1, 0.15) is 17.6 Å². The van der Waals surface area contributed by atoms with E-state index >= 15 is 0 Å². The molecule has 2 N–H and O–H groups in total. The van der Waals surface area contributed by atoms with E-state index in [1.165, 1.54) is 47.8 Å². The number of hydrogen-bond donors (Lipinski definition) is 2. The van der Waals surface area contributed by atoms with Gasteiger partial charge in [-0.1, -0.05) is 25.0 Å². The first-order valence-electron chi connectivity index (χ1n) is 11.2. The van der Waals surface area contributed by atoms with Gasteiger partial charge in [0.25, 0.3) is 5.91 Å². The lowest BCUT2D eigenvalue weighted by Gasteiger charge is -2.31. The molecule has 0 bridgehead atoms. The molecule has 178 valence electrons. The fourth-order valence-electron chi connectivity index (χ4n) is 4.11. The third-order valence-electron chi connectivity index (χ3n) is 5.82. The summed E-state index contributed by atoms with van der Waals surface area (Å²) >= 11 is 0. The molecular formula is C25H26FN3O5. The number of nitrogens with one attached hydrogen (secondary N) is 2. The molecule has 1 aliphatic rings. The predicted molar refractivity (Wildman–Crippen MR) is 120 cm³/mol. The topological polar surface area (TPSA) is 105 Å². The van der Waals surface area contributed by atoms with E-state index in [-0.39, 0.29) is 30.8 Å². The van der Waals surface area contributed by atoms with E-state index in [1.54, 1.807) is 18.2 Å². The van der Waals surface area contributed by atoms with Gasteiger partial charge in [-0.05, 0) is 54.8 Å². The van der Waals surface area contributed by atoms with Crippen molar-refractivity contribution >= 4 is 17.7 Å². The summed E-state index contributed by atoms with van der Waals surface area (Å²) in [4.78, 5) is 40.4. The standard InChI is InChI=1S/C25H26FN3O5/c26-18-11-9-17(10-12-18)23(25(32)28-19-5-1-2-6-19)29(16-20-7-3-13-33-20)22(30)15-27-24(31)21-8-4-14-34-21/h3-4,7-14,19,23H,1-2,5-6,15-16H2,(H,27,31)(H,28,32)/t23-/m1/s1. The van der Waals surface area contributed by atoms with Crippen LogP contribution in [0.25, 0.3) is 0 Å². The molecule has 1 atom stereocenters. The molecule has 0 radical (unpaired) electrons. The molecule has 2 aromatic heterocycles. The first-order chi connectivity index (χ1) is 16.5. The maximum Gasteiger partial charge on any atom is 0.287 e. The number of nitrogens with zero attached hydrogens (tertiary/aromatic N) is 1. The van der Waals surface area contributed by atoms with Gasteiger partial charge in [-0.2, -0.15) is 0 Å². The molecule has 0 spiro atoms. The second kappa shape index (κ2) is 10.8. The van der Waals surface area contributed by atoms with Crippen LogP contribution in [-0.2, 0) is 16.1 Å². The number of carbonyl (C=O) groups is 3. The van der Waals surface area contributed by atoms with Gasteiger partial charge in [0.2, 0.25) is 11.8 Å². The Labute approximate surface area is 196 Å². The van der Waals surface area contributed by atoms with E-state index in [9.17, 15) is 18.8 Å². The highest BCUT2D eigenvalue weighted by molar-refractivity contribution is 5.95. The Balaban J connectivity index is 1.60. The fourth-order valence-corrected chi connectivity index (χ4v) is 4.11. The molecule has 3 amide bonds. The fraction of sp³-hybridized carbons (Fsp3) is 0.320. The summed E-state index contributed by atoms with van der Waals surface area (Å²) < 4.78 is 24.1. The molecule has 2 heterocycles. The van der Waals surface area contributed by atoms with Crippen molar-refractivity contribution in [1.82, 2.24) is 15.5 Å². The number of benzene rings is 1. The molecule has 1 fully saturated rings. The minimum atomic E-state index is -1.04. The molecule has 4 rings (SSSR count). The SMILES string of the molecule is O=C(NCC(=O)N(Cc1ccco1)[C@@H](C(=O)NC1CCCC1)c1ccc(F)cc1)c1ccco1. The van der Waals surface area contributed by atoms with Crippen molar-refractivity contribution in [2.45, 2.75) is 44.3 Å². The number of hydrogen-bond acceptors (Lipinski definition) is 5. The maximum atomic E-state index is 13.6. The van der Waals surface area contributed by atoms with E-state index in [2.05, 4.69) is 10.6 Å². The van der Waals surface area contributed by atoms with Crippen LogP contribution in [0.2, 0.25) is 0 Å². The van der Waals surface area contributed by atoms with Crippen LogP contribution in [-0.4, -0.2) is 35.2 Å². The lowest BCUT2D eigenvalue weighted by molar-refractivity contribution is -0.141. The van der Waals surface area contributed by atoms with Gasteiger partial charge in [0.15, 0.2) is 5.76 Å². The Morgan fingerprint density at radius 1 is 1.00 bits per heavy atom. The largest absolute Gasteiger partial charge is 0.467 e. The van der Waals surface area contributed by atoms with Crippen LogP contribution in [0.5, 0.6) is 0 Å². The first-order valence-corrected chi connectivity index (χ1v) is 11.2. The van der Waals surface area contributed by atoms with Gasteiger partial charge in [0, 0.05) is 6.04 Å². The van der Waals surface area contributed by atoms with Crippen molar-refractivity contribution in [2.75, 3.05) is 6.54 Å². The lowest BCUT2D eigenvalue weighted by atomic mass is 10.0. The molecule has 3 aromatic rings. The predicted octanol–water partition coefficient (Wildman–Crippen LogP) is 3.57. The highest BCUT2D eigenvalue weighted by Gasteiger charge is 2.34. The van der Waals surface area contributed by atoms with Gasteiger partial charge in [-0.25, -0.2) is 4.39 Å². The zero-order chi connectivity index (χ0) is 23.9. The Morgan fingerprint density at radius 3 is 2.35 bits per heavy atom. The second-order valence-corrected chi connectivity index (χ2v) is 8.21. The number of halogens is 1. The van der Waals surface area contributed by atoms with Gasteiger partial charge in [-0.3, -0.25) is 14.4 Å². The van der Waals surface area contributed by atoms with Crippen LogP contribution in [0.3, 0.4) is 0 Å². The van der Waals surface area contributed by atoms with Crippen LogP contribution in [0.1, 0.15) is 53.6 Å². The number of amides is 3. The zero-order valence-electron chi connectivity index (χ0n) is 18.5. The van der Waals surface area contributed by atoms with E-state index in [4.69, 9.17) is 8.83 Å². The lowest BCUT2D eigenvalue weighted by Crippen LogP contribution is -2.48. The smallest absolute Gasteiger partial charge is 0.287 e.